The van der Waals surface area contributed by atoms with Gasteiger partial charge >= 0.3 is 0 Å². The molecular weight excluding hydrogens is 430 g/mol. The molecule has 0 spiro atoms. The second-order valence-electron chi connectivity index (χ2n) is 8.40. The van der Waals surface area contributed by atoms with Crippen molar-refractivity contribution >= 4 is 16.5 Å². The highest BCUT2D eigenvalue weighted by atomic mass is 32.1. The third kappa shape index (κ3) is 5.85. The van der Waals surface area contributed by atoms with Crippen LogP contribution in [0.4, 0.5) is 5.13 Å². The van der Waals surface area contributed by atoms with E-state index in [1.807, 2.05) is 30.3 Å². The van der Waals surface area contributed by atoms with Crippen LogP contribution in [0.5, 0.6) is 17.2 Å². The molecule has 0 amide bonds. The molecular formula is C27H31N3O2S. The van der Waals surface area contributed by atoms with Crippen LogP contribution in [0.25, 0.3) is 11.3 Å². The van der Waals surface area contributed by atoms with Crippen molar-refractivity contribution in [1.29, 1.82) is 5.26 Å². The number of aromatic nitrogens is 1. The molecule has 1 aliphatic rings. The summed E-state index contributed by atoms with van der Waals surface area (Å²) in [6.45, 7) is 7.15. The van der Waals surface area contributed by atoms with E-state index in [0.29, 0.717) is 29.4 Å². The molecule has 1 aromatic heterocycles. The van der Waals surface area contributed by atoms with E-state index in [2.05, 4.69) is 24.8 Å². The SMILES string of the molecule is CCCCCOc1ccc(C#N)cc1Oc1ccc(-c2nc(N3CCCCC3)sc2C)cc1. The first kappa shape index (κ1) is 23.1. The summed E-state index contributed by atoms with van der Waals surface area (Å²) in [6, 6.07) is 15.5. The molecule has 0 aliphatic carbocycles. The van der Waals surface area contributed by atoms with E-state index in [-0.39, 0.29) is 0 Å². The van der Waals surface area contributed by atoms with E-state index >= 15 is 0 Å². The maximum atomic E-state index is 9.29. The number of ether oxygens (including phenoxy) is 2. The van der Waals surface area contributed by atoms with Gasteiger partial charge in [-0.25, -0.2) is 4.98 Å². The van der Waals surface area contributed by atoms with Crippen molar-refractivity contribution in [2.45, 2.75) is 52.4 Å². The molecule has 1 saturated heterocycles. The topological polar surface area (TPSA) is 58.4 Å². The molecule has 6 heteroatoms. The fourth-order valence-electron chi connectivity index (χ4n) is 3.99. The number of nitriles is 1. The summed E-state index contributed by atoms with van der Waals surface area (Å²) < 4.78 is 12.1. The van der Waals surface area contributed by atoms with E-state index in [1.54, 1.807) is 23.5 Å². The summed E-state index contributed by atoms with van der Waals surface area (Å²) in [6.07, 6.45) is 7.08. The maximum Gasteiger partial charge on any atom is 0.186 e. The average molecular weight is 462 g/mol. The highest BCUT2D eigenvalue weighted by Gasteiger charge is 2.17. The summed E-state index contributed by atoms with van der Waals surface area (Å²) >= 11 is 1.78. The quantitative estimate of drug-likeness (QED) is 0.312. The van der Waals surface area contributed by atoms with Gasteiger partial charge in [0.2, 0.25) is 0 Å². The number of aryl methyl sites for hydroxylation is 1. The number of hydrogen-bond acceptors (Lipinski definition) is 6. The van der Waals surface area contributed by atoms with Gasteiger partial charge in [-0.2, -0.15) is 5.26 Å². The first-order chi connectivity index (χ1) is 16.2. The highest BCUT2D eigenvalue weighted by Crippen LogP contribution is 2.36. The van der Waals surface area contributed by atoms with Gasteiger partial charge in [0.05, 0.1) is 23.9 Å². The van der Waals surface area contributed by atoms with Gasteiger partial charge in [0, 0.05) is 29.6 Å². The second-order valence-corrected chi connectivity index (χ2v) is 9.59. The number of anilines is 1. The molecule has 1 aliphatic heterocycles. The Morgan fingerprint density at radius 3 is 2.55 bits per heavy atom. The summed E-state index contributed by atoms with van der Waals surface area (Å²) in [5.41, 5.74) is 2.67. The number of thiazole rings is 1. The van der Waals surface area contributed by atoms with Crippen molar-refractivity contribution in [3.63, 3.8) is 0 Å². The van der Waals surface area contributed by atoms with E-state index in [9.17, 15) is 5.26 Å². The van der Waals surface area contributed by atoms with Gasteiger partial charge in [-0.1, -0.05) is 19.8 Å². The first-order valence-corrected chi connectivity index (χ1v) is 12.7. The van der Waals surface area contributed by atoms with Crippen molar-refractivity contribution in [1.82, 2.24) is 4.98 Å². The second kappa shape index (κ2) is 11.2. The van der Waals surface area contributed by atoms with E-state index in [0.717, 1.165) is 48.7 Å². The molecule has 4 rings (SSSR count). The van der Waals surface area contributed by atoms with Crippen molar-refractivity contribution in [2.24, 2.45) is 0 Å². The van der Waals surface area contributed by atoms with Gasteiger partial charge in [0.1, 0.15) is 5.75 Å². The Balaban J connectivity index is 1.49. The number of unbranched alkanes of at least 4 members (excludes halogenated alkanes) is 2. The minimum atomic E-state index is 0.547. The standard InChI is InChI=1S/C27H31N3O2S/c1-3-4-8-17-31-24-14-9-21(19-28)18-25(24)32-23-12-10-22(11-13-23)26-20(2)33-27(29-26)30-15-6-5-7-16-30/h9-14,18H,3-8,15-17H2,1-2H3. The minimum Gasteiger partial charge on any atom is -0.490 e. The Hall–Kier alpha value is -3.04. The number of hydrogen-bond donors (Lipinski definition) is 0. The van der Waals surface area contributed by atoms with Gasteiger partial charge < -0.3 is 14.4 Å². The van der Waals surface area contributed by atoms with Crippen molar-refractivity contribution in [3.05, 3.63) is 52.9 Å². The third-order valence-electron chi connectivity index (χ3n) is 5.85. The lowest BCUT2D eigenvalue weighted by Gasteiger charge is -2.25. The zero-order valence-electron chi connectivity index (χ0n) is 19.5. The van der Waals surface area contributed by atoms with Crippen LogP contribution in [0.3, 0.4) is 0 Å². The molecule has 33 heavy (non-hydrogen) atoms. The lowest BCUT2D eigenvalue weighted by Crippen LogP contribution is -2.29. The molecule has 5 nitrogen and oxygen atoms in total. The number of piperidine rings is 1. The summed E-state index contributed by atoms with van der Waals surface area (Å²) in [5, 5.41) is 10.4. The van der Waals surface area contributed by atoms with Gasteiger partial charge in [0.25, 0.3) is 0 Å². The first-order valence-electron chi connectivity index (χ1n) is 11.9. The number of benzene rings is 2. The predicted molar refractivity (Wildman–Crippen MR) is 135 cm³/mol. The molecule has 0 atom stereocenters. The van der Waals surface area contributed by atoms with Gasteiger partial charge in [-0.3, -0.25) is 0 Å². The Labute approximate surface area is 200 Å². The smallest absolute Gasteiger partial charge is 0.186 e. The van der Waals surface area contributed by atoms with Crippen LogP contribution in [0.2, 0.25) is 0 Å². The lowest BCUT2D eigenvalue weighted by molar-refractivity contribution is 0.292. The van der Waals surface area contributed by atoms with E-state index in [4.69, 9.17) is 14.5 Å². The molecule has 0 bridgehead atoms. The van der Waals surface area contributed by atoms with E-state index in [1.165, 1.54) is 24.1 Å². The van der Waals surface area contributed by atoms with Crippen molar-refractivity contribution in [2.75, 3.05) is 24.6 Å². The molecule has 2 aromatic carbocycles. The van der Waals surface area contributed by atoms with Crippen molar-refractivity contribution in [3.8, 4) is 34.6 Å². The maximum absolute atomic E-state index is 9.29. The molecule has 3 aromatic rings. The fourth-order valence-corrected chi connectivity index (χ4v) is 4.97. The minimum absolute atomic E-state index is 0.547. The predicted octanol–water partition coefficient (Wildman–Crippen LogP) is 7.34. The summed E-state index contributed by atoms with van der Waals surface area (Å²) in [5.74, 6) is 1.93. The van der Waals surface area contributed by atoms with Gasteiger partial charge in [-0.15, -0.1) is 11.3 Å². The zero-order valence-corrected chi connectivity index (χ0v) is 20.3. The van der Waals surface area contributed by atoms with Crippen LogP contribution in [0.15, 0.2) is 42.5 Å². The molecule has 2 heterocycles. The normalized spacial score (nSPS) is 13.5. The Bertz CT molecular complexity index is 1100. The van der Waals surface area contributed by atoms with Crippen LogP contribution in [0.1, 0.15) is 55.9 Å². The molecule has 0 unspecified atom stereocenters. The molecule has 172 valence electrons. The number of rotatable bonds is 9. The largest absolute Gasteiger partial charge is 0.490 e. The van der Waals surface area contributed by atoms with Crippen LogP contribution in [-0.2, 0) is 0 Å². The number of nitrogens with zero attached hydrogens (tertiary/aromatic N) is 3. The Kier molecular flexibility index (Phi) is 7.85. The monoisotopic (exact) mass is 461 g/mol. The van der Waals surface area contributed by atoms with E-state index < -0.39 is 0 Å². The summed E-state index contributed by atoms with van der Waals surface area (Å²) in [7, 11) is 0. The van der Waals surface area contributed by atoms with Crippen LogP contribution in [-0.4, -0.2) is 24.7 Å². The zero-order chi connectivity index (χ0) is 23.0. The summed E-state index contributed by atoms with van der Waals surface area (Å²) in [4.78, 5) is 8.59. The fraction of sp³-hybridized carbons (Fsp3) is 0.407. The van der Waals surface area contributed by atoms with Crippen molar-refractivity contribution < 1.29 is 9.47 Å². The Morgan fingerprint density at radius 1 is 1.03 bits per heavy atom. The molecule has 0 radical (unpaired) electrons. The third-order valence-corrected chi connectivity index (χ3v) is 6.88. The van der Waals surface area contributed by atoms with Gasteiger partial charge in [0.15, 0.2) is 16.6 Å². The molecule has 1 fully saturated rings. The molecule has 0 N–H and O–H groups in total. The average Bonchev–Trinajstić information content (AvgIpc) is 3.25. The highest BCUT2D eigenvalue weighted by molar-refractivity contribution is 7.16. The molecule has 0 saturated carbocycles. The Morgan fingerprint density at radius 2 is 1.82 bits per heavy atom. The van der Waals surface area contributed by atoms with Gasteiger partial charge in [-0.05, 0) is 69.0 Å². The van der Waals surface area contributed by atoms with Crippen LogP contribution in [0, 0.1) is 18.3 Å². The lowest BCUT2D eigenvalue weighted by atomic mass is 10.1. The van der Waals surface area contributed by atoms with Crippen LogP contribution >= 0.6 is 11.3 Å². The van der Waals surface area contributed by atoms with Crippen LogP contribution < -0.4 is 14.4 Å².